The van der Waals surface area contributed by atoms with Crippen LogP contribution >= 0.6 is 0 Å². The van der Waals surface area contributed by atoms with Gasteiger partial charge in [-0.05, 0) is 60.5 Å². The lowest BCUT2D eigenvalue weighted by Crippen LogP contribution is -2.35. The Morgan fingerprint density at radius 2 is 1.71 bits per heavy atom. The van der Waals surface area contributed by atoms with Gasteiger partial charge < -0.3 is 14.2 Å². The Morgan fingerprint density at radius 3 is 2.43 bits per heavy atom. The number of methoxy groups -OCH3 is 1. The van der Waals surface area contributed by atoms with E-state index in [0.29, 0.717) is 30.2 Å². The third-order valence-corrected chi connectivity index (χ3v) is 6.34. The van der Waals surface area contributed by atoms with E-state index in [-0.39, 0.29) is 11.7 Å². The quantitative estimate of drug-likeness (QED) is 0.422. The minimum atomic E-state index is -0.316. The Morgan fingerprint density at radius 1 is 0.971 bits per heavy atom. The molecule has 0 atom stereocenters. The molecule has 0 N–H and O–H groups in total. The maximum atomic E-state index is 13.7. The van der Waals surface area contributed by atoms with E-state index in [1.54, 1.807) is 30.1 Å². The van der Waals surface area contributed by atoms with Crippen molar-refractivity contribution in [1.29, 1.82) is 0 Å². The van der Waals surface area contributed by atoms with Crippen molar-refractivity contribution >= 4 is 5.91 Å². The average Bonchev–Trinajstić information content (AvgIpc) is 3.51. The van der Waals surface area contributed by atoms with E-state index in [9.17, 15) is 9.18 Å². The smallest absolute Gasteiger partial charge is 0.259 e. The van der Waals surface area contributed by atoms with Crippen LogP contribution in [0.15, 0.2) is 79.3 Å². The van der Waals surface area contributed by atoms with Gasteiger partial charge in [-0.3, -0.25) is 9.69 Å². The van der Waals surface area contributed by atoms with Crippen molar-refractivity contribution in [1.82, 2.24) is 24.1 Å². The summed E-state index contributed by atoms with van der Waals surface area (Å²) in [7, 11) is 1.67. The van der Waals surface area contributed by atoms with Crippen molar-refractivity contribution in [3.63, 3.8) is 0 Å². The van der Waals surface area contributed by atoms with E-state index in [1.807, 2.05) is 46.1 Å². The number of carbonyl (C=O) groups excluding carboxylic acids is 1. The van der Waals surface area contributed by atoms with Crippen LogP contribution in [0.3, 0.4) is 0 Å². The first-order valence-electron chi connectivity index (χ1n) is 11.7. The zero-order chi connectivity index (χ0) is 24.2. The van der Waals surface area contributed by atoms with Crippen molar-refractivity contribution in [3.8, 4) is 17.3 Å². The van der Waals surface area contributed by atoms with Crippen molar-refractivity contribution in [2.45, 2.75) is 13.0 Å². The number of hydrogen-bond donors (Lipinski definition) is 0. The molecule has 0 bridgehead atoms. The molecule has 180 valence electrons. The van der Waals surface area contributed by atoms with Crippen LogP contribution in [0.5, 0.6) is 5.75 Å². The van der Waals surface area contributed by atoms with Crippen molar-refractivity contribution in [2.75, 3.05) is 33.3 Å². The van der Waals surface area contributed by atoms with Gasteiger partial charge in [-0.2, -0.15) is 5.10 Å². The van der Waals surface area contributed by atoms with E-state index in [1.165, 1.54) is 17.7 Å². The zero-order valence-electron chi connectivity index (χ0n) is 19.7. The standard InChI is InChI=1S/C27H28FN5O2/c1-35-24-11-5-21(6-12-24)20-30-13-4-16-32(18-17-30)27(34)25-19-29-33(23-9-7-22(28)8-10-23)26(25)31-14-2-3-15-31/h2-3,5-12,14-15,19H,4,13,16-18,20H2,1H3. The monoisotopic (exact) mass is 473 g/mol. The largest absolute Gasteiger partial charge is 0.497 e. The fourth-order valence-electron chi connectivity index (χ4n) is 4.48. The molecule has 0 saturated carbocycles. The summed E-state index contributed by atoms with van der Waals surface area (Å²) in [6.07, 6.45) is 6.27. The van der Waals surface area contributed by atoms with Crippen LogP contribution in [0.2, 0.25) is 0 Å². The normalized spacial score (nSPS) is 14.6. The van der Waals surface area contributed by atoms with Crippen molar-refractivity contribution < 1.29 is 13.9 Å². The lowest BCUT2D eigenvalue weighted by atomic mass is 10.2. The molecule has 0 spiro atoms. The summed E-state index contributed by atoms with van der Waals surface area (Å²) in [5.41, 5.74) is 2.44. The van der Waals surface area contributed by atoms with E-state index >= 15 is 0 Å². The number of hydrogen-bond acceptors (Lipinski definition) is 4. The lowest BCUT2D eigenvalue weighted by Gasteiger charge is -2.22. The third kappa shape index (κ3) is 4.97. The van der Waals surface area contributed by atoms with Crippen LogP contribution < -0.4 is 4.74 Å². The summed E-state index contributed by atoms with van der Waals surface area (Å²) in [5.74, 6) is 1.13. The van der Waals surface area contributed by atoms with Gasteiger partial charge in [-0.25, -0.2) is 9.07 Å². The number of halogens is 1. The summed E-state index contributed by atoms with van der Waals surface area (Å²) in [6, 6.07) is 18.0. The number of benzene rings is 2. The SMILES string of the molecule is COc1ccc(CN2CCCN(C(=O)c3cnn(-c4ccc(F)cc4)c3-n3cccc3)CC2)cc1. The molecule has 2 aromatic carbocycles. The number of carbonyl (C=O) groups is 1. The minimum Gasteiger partial charge on any atom is -0.497 e. The van der Waals surface area contributed by atoms with Crippen LogP contribution in [-0.2, 0) is 6.54 Å². The van der Waals surface area contributed by atoms with Gasteiger partial charge in [0.1, 0.15) is 17.1 Å². The molecule has 1 amide bonds. The number of nitrogens with zero attached hydrogens (tertiary/aromatic N) is 5. The Bertz CT molecular complexity index is 1270. The Hall–Kier alpha value is -3.91. The summed E-state index contributed by atoms with van der Waals surface area (Å²) < 4.78 is 22.3. The number of aromatic nitrogens is 3. The molecule has 5 rings (SSSR count). The molecule has 0 unspecified atom stereocenters. The van der Waals surface area contributed by atoms with Gasteiger partial charge >= 0.3 is 0 Å². The summed E-state index contributed by atoms with van der Waals surface area (Å²) in [5, 5.41) is 4.50. The lowest BCUT2D eigenvalue weighted by molar-refractivity contribution is 0.0761. The van der Waals surface area contributed by atoms with Gasteiger partial charge in [0.25, 0.3) is 5.91 Å². The second kappa shape index (κ2) is 10.1. The van der Waals surface area contributed by atoms with Gasteiger partial charge in [-0.1, -0.05) is 12.1 Å². The zero-order valence-corrected chi connectivity index (χ0v) is 19.7. The maximum Gasteiger partial charge on any atom is 0.259 e. The molecular formula is C27H28FN5O2. The van der Waals surface area contributed by atoms with Gasteiger partial charge in [0.05, 0.1) is 19.0 Å². The number of ether oxygens (including phenoxy) is 1. The molecular weight excluding hydrogens is 445 g/mol. The van der Waals surface area contributed by atoms with Crippen LogP contribution in [-0.4, -0.2) is 63.3 Å². The Kier molecular flexibility index (Phi) is 6.63. The van der Waals surface area contributed by atoms with Gasteiger partial charge in [0, 0.05) is 45.1 Å². The maximum absolute atomic E-state index is 13.7. The van der Waals surface area contributed by atoms with Crippen LogP contribution in [0.25, 0.3) is 11.5 Å². The van der Waals surface area contributed by atoms with E-state index in [0.717, 1.165) is 31.8 Å². The highest BCUT2D eigenvalue weighted by Gasteiger charge is 2.26. The highest BCUT2D eigenvalue weighted by Crippen LogP contribution is 2.22. The van der Waals surface area contributed by atoms with E-state index in [4.69, 9.17) is 4.74 Å². The van der Waals surface area contributed by atoms with Crippen LogP contribution in [0.1, 0.15) is 22.3 Å². The van der Waals surface area contributed by atoms with Gasteiger partial charge in [0.15, 0.2) is 5.82 Å². The highest BCUT2D eigenvalue weighted by molar-refractivity contribution is 5.97. The number of amides is 1. The molecule has 0 radical (unpaired) electrons. The molecule has 1 aliphatic rings. The fourth-order valence-corrected chi connectivity index (χ4v) is 4.48. The second-order valence-corrected chi connectivity index (χ2v) is 8.63. The van der Waals surface area contributed by atoms with Gasteiger partial charge in [-0.15, -0.1) is 0 Å². The molecule has 35 heavy (non-hydrogen) atoms. The predicted octanol–water partition coefficient (Wildman–Crippen LogP) is 4.16. The fraction of sp³-hybridized carbons (Fsp3) is 0.259. The molecule has 7 nitrogen and oxygen atoms in total. The molecule has 2 aromatic heterocycles. The molecule has 1 fully saturated rings. The minimum absolute atomic E-state index is 0.0478. The summed E-state index contributed by atoms with van der Waals surface area (Å²) >= 11 is 0. The average molecular weight is 474 g/mol. The summed E-state index contributed by atoms with van der Waals surface area (Å²) in [4.78, 5) is 18.0. The third-order valence-electron chi connectivity index (χ3n) is 6.34. The topological polar surface area (TPSA) is 55.5 Å². The second-order valence-electron chi connectivity index (χ2n) is 8.63. The Labute approximate surface area is 204 Å². The molecule has 1 saturated heterocycles. The molecule has 4 aromatic rings. The van der Waals surface area contributed by atoms with Crippen molar-refractivity contribution in [2.24, 2.45) is 0 Å². The van der Waals surface area contributed by atoms with Gasteiger partial charge in [0.2, 0.25) is 0 Å². The molecule has 0 aliphatic carbocycles. The van der Waals surface area contributed by atoms with Crippen molar-refractivity contribution in [3.05, 3.63) is 96.2 Å². The van der Waals surface area contributed by atoms with E-state index in [2.05, 4.69) is 22.1 Å². The number of rotatable bonds is 6. The molecule has 8 heteroatoms. The first kappa shape index (κ1) is 22.9. The first-order valence-corrected chi connectivity index (χ1v) is 11.7. The Balaban J connectivity index is 1.35. The van der Waals surface area contributed by atoms with Crippen LogP contribution in [0.4, 0.5) is 4.39 Å². The van der Waals surface area contributed by atoms with E-state index < -0.39 is 0 Å². The summed E-state index contributed by atoms with van der Waals surface area (Å²) in [6.45, 7) is 3.88. The predicted molar refractivity (Wildman–Crippen MR) is 132 cm³/mol. The van der Waals surface area contributed by atoms with Crippen LogP contribution in [0, 0.1) is 5.82 Å². The highest BCUT2D eigenvalue weighted by atomic mass is 19.1. The molecule has 3 heterocycles. The molecule has 1 aliphatic heterocycles. The first-order chi connectivity index (χ1) is 17.1.